The molecule has 2 N–H and O–H groups in total. The summed E-state index contributed by atoms with van der Waals surface area (Å²) in [6.07, 6.45) is 2.36. The molecular weight excluding hydrogens is 388 g/mol. The Balaban J connectivity index is 1.57. The normalized spacial score (nSPS) is 17.8. The molecule has 0 spiro atoms. The zero-order valence-electron chi connectivity index (χ0n) is 16.2. The number of ether oxygens (including phenoxy) is 1. The van der Waals surface area contributed by atoms with E-state index in [1.54, 1.807) is 4.68 Å². The first-order valence-electron chi connectivity index (χ1n) is 9.66. The van der Waals surface area contributed by atoms with Gasteiger partial charge in [-0.3, -0.25) is 9.48 Å². The molecule has 1 aliphatic heterocycles. The van der Waals surface area contributed by atoms with Gasteiger partial charge in [0.05, 0.1) is 21.4 Å². The number of amides is 1. The average Bonchev–Trinajstić information content (AvgIpc) is 3.39. The lowest BCUT2D eigenvalue weighted by molar-refractivity contribution is -0.119. The molecule has 148 valence electrons. The fraction of sp³-hybridized carbons (Fsp3) is 0.273. The smallest absolute Gasteiger partial charge is 0.220 e. The summed E-state index contributed by atoms with van der Waals surface area (Å²) in [6, 6.07) is 12.0. The van der Waals surface area contributed by atoms with Crippen molar-refractivity contribution >= 4 is 39.3 Å². The monoisotopic (exact) mass is 408 g/mol. The Kier molecular flexibility index (Phi) is 4.24. The zero-order chi connectivity index (χ0) is 20.1. The molecule has 1 aliphatic rings. The molecule has 1 amide bonds. The summed E-state index contributed by atoms with van der Waals surface area (Å²) in [7, 11) is 1.90. The van der Waals surface area contributed by atoms with Crippen LogP contribution in [0.15, 0.2) is 42.6 Å². The average molecular weight is 409 g/mol. The van der Waals surface area contributed by atoms with Crippen molar-refractivity contribution in [3.05, 3.63) is 47.6 Å². The highest BCUT2D eigenvalue weighted by Gasteiger charge is 2.28. The molecule has 5 rings (SSSR count). The predicted octanol–water partition coefficient (Wildman–Crippen LogP) is 4.28. The third-order valence-electron chi connectivity index (χ3n) is 5.60. The first-order chi connectivity index (χ1) is 14.0. The van der Waals surface area contributed by atoms with Crippen molar-refractivity contribution in [2.24, 2.45) is 13.0 Å². The summed E-state index contributed by atoms with van der Waals surface area (Å²) in [5.74, 6) is 1.01. The van der Waals surface area contributed by atoms with Crippen LogP contribution in [0, 0.1) is 5.92 Å². The second-order valence-corrected chi connectivity index (χ2v) is 8.10. The van der Waals surface area contributed by atoms with Crippen LogP contribution >= 0.6 is 11.6 Å². The van der Waals surface area contributed by atoms with Crippen LogP contribution in [0.1, 0.15) is 13.3 Å². The van der Waals surface area contributed by atoms with Crippen molar-refractivity contribution in [3.8, 4) is 17.0 Å². The Morgan fingerprint density at radius 1 is 1.31 bits per heavy atom. The summed E-state index contributed by atoms with van der Waals surface area (Å²) in [5, 5.41) is 10.2. The van der Waals surface area contributed by atoms with Crippen LogP contribution in [0.5, 0.6) is 5.75 Å². The van der Waals surface area contributed by atoms with E-state index in [4.69, 9.17) is 16.3 Å². The van der Waals surface area contributed by atoms with Gasteiger partial charge in [-0.25, -0.2) is 0 Å². The standard InChI is InChI=1S/C22H21ClN4O2/c1-12(15-9-21(28)24-10-15)29-20-8-14(7-19-16(20)11-27(2)26-19)18-6-13-4-3-5-17(23)22(13)25-18/h3-8,11-12,15,25H,9-10H2,1-2H3,(H,24,28)/t12?,15-/m1/s1. The van der Waals surface area contributed by atoms with Gasteiger partial charge in [-0.2, -0.15) is 5.10 Å². The van der Waals surface area contributed by atoms with Gasteiger partial charge in [-0.1, -0.05) is 23.7 Å². The summed E-state index contributed by atoms with van der Waals surface area (Å²) < 4.78 is 8.13. The van der Waals surface area contributed by atoms with Gasteiger partial charge in [0.1, 0.15) is 11.9 Å². The Labute approximate surface area is 172 Å². The zero-order valence-corrected chi connectivity index (χ0v) is 17.0. The number of aryl methyl sites for hydroxylation is 1. The lowest BCUT2D eigenvalue weighted by atomic mass is 10.0. The second-order valence-electron chi connectivity index (χ2n) is 7.69. The minimum atomic E-state index is -0.0928. The number of carbonyl (C=O) groups excluding carboxylic acids is 1. The lowest BCUT2D eigenvalue weighted by Gasteiger charge is -2.20. The maximum Gasteiger partial charge on any atom is 0.220 e. The second kappa shape index (κ2) is 6.81. The number of carbonyl (C=O) groups is 1. The van der Waals surface area contributed by atoms with Gasteiger partial charge in [0, 0.05) is 48.8 Å². The molecule has 0 bridgehead atoms. The highest BCUT2D eigenvalue weighted by Crippen LogP contribution is 2.35. The number of hydrogen-bond donors (Lipinski definition) is 2. The van der Waals surface area contributed by atoms with Gasteiger partial charge in [-0.05, 0) is 31.2 Å². The number of hydrogen-bond acceptors (Lipinski definition) is 3. The molecular formula is C22H21ClN4O2. The van der Waals surface area contributed by atoms with E-state index in [1.165, 1.54) is 0 Å². The van der Waals surface area contributed by atoms with Gasteiger partial charge in [0.25, 0.3) is 0 Å². The van der Waals surface area contributed by atoms with Crippen LogP contribution < -0.4 is 10.1 Å². The van der Waals surface area contributed by atoms with Gasteiger partial charge in [-0.15, -0.1) is 0 Å². The number of halogens is 1. The molecule has 4 aromatic rings. The van der Waals surface area contributed by atoms with E-state index in [1.807, 2.05) is 50.5 Å². The predicted molar refractivity (Wildman–Crippen MR) is 114 cm³/mol. The van der Waals surface area contributed by atoms with Gasteiger partial charge >= 0.3 is 0 Å². The third-order valence-corrected chi connectivity index (χ3v) is 5.92. The van der Waals surface area contributed by atoms with Crippen molar-refractivity contribution in [1.29, 1.82) is 0 Å². The SMILES string of the molecule is CC(Oc1cc(-c2cc3cccc(Cl)c3[nH]2)cc2nn(C)cc12)[C@H]1CNC(=O)C1. The lowest BCUT2D eigenvalue weighted by Crippen LogP contribution is -2.25. The van der Waals surface area contributed by atoms with Crippen molar-refractivity contribution < 1.29 is 9.53 Å². The molecule has 2 aromatic heterocycles. The fourth-order valence-corrected chi connectivity index (χ4v) is 4.22. The van der Waals surface area contributed by atoms with Gasteiger partial charge in [0.15, 0.2) is 0 Å². The minimum Gasteiger partial charge on any atom is -0.490 e. The van der Waals surface area contributed by atoms with Gasteiger partial charge < -0.3 is 15.0 Å². The molecule has 7 heteroatoms. The Morgan fingerprint density at radius 2 is 2.17 bits per heavy atom. The molecule has 0 aliphatic carbocycles. The number of nitrogens with one attached hydrogen (secondary N) is 2. The first-order valence-corrected chi connectivity index (χ1v) is 10.0. The summed E-state index contributed by atoms with van der Waals surface area (Å²) in [5.41, 5.74) is 3.70. The van der Waals surface area contributed by atoms with Crippen LogP contribution in [0.3, 0.4) is 0 Å². The van der Waals surface area contributed by atoms with Crippen molar-refractivity contribution in [3.63, 3.8) is 0 Å². The molecule has 2 aromatic carbocycles. The first kappa shape index (κ1) is 18.1. The molecule has 3 heterocycles. The van der Waals surface area contributed by atoms with E-state index in [0.29, 0.717) is 18.0 Å². The number of fused-ring (bicyclic) bond motifs is 2. The number of benzene rings is 2. The van der Waals surface area contributed by atoms with E-state index in [9.17, 15) is 4.79 Å². The third kappa shape index (κ3) is 3.23. The maximum atomic E-state index is 11.6. The maximum absolute atomic E-state index is 11.6. The Hall–Kier alpha value is -2.99. The van der Waals surface area contributed by atoms with E-state index in [0.717, 1.165) is 38.8 Å². The summed E-state index contributed by atoms with van der Waals surface area (Å²) >= 11 is 6.34. The Morgan fingerprint density at radius 3 is 2.93 bits per heavy atom. The van der Waals surface area contributed by atoms with Gasteiger partial charge in [0.2, 0.25) is 5.91 Å². The molecule has 2 atom stereocenters. The molecule has 29 heavy (non-hydrogen) atoms. The van der Waals surface area contributed by atoms with Crippen LogP contribution in [0.4, 0.5) is 0 Å². The quantitative estimate of drug-likeness (QED) is 0.529. The van der Waals surface area contributed by atoms with Crippen molar-refractivity contribution in [1.82, 2.24) is 20.1 Å². The molecule has 1 fully saturated rings. The topological polar surface area (TPSA) is 71.9 Å². The highest BCUT2D eigenvalue weighted by atomic mass is 35.5. The van der Waals surface area contributed by atoms with E-state index in [2.05, 4.69) is 21.5 Å². The number of rotatable bonds is 4. The number of aromatic amines is 1. The summed E-state index contributed by atoms with van der Waals surface area (Å²) in [4.78, 5) is 15.0. The molecule has 0 radical (unpaired) electrons. The van der Waals surface area contributed by atoms with E-state index < -0.39 is 0 Å². The number of H-pyrrole nitrogens is 1. The Bertz CT molecular complexity index is 1240. The molecule has 6 nitrogen and oxygen atoms in total. The van der Waals surface area contributed by atoms with Crippen LogP contribution in [0.25, 0.3) is 33.1 Å². The van der Waals surface area contributed by atoms with E-state index >= 15 is 0 Å². The van der Waals surface area contributed by atoms with Crippen molar-refractivity contribution in [2.75, 3.05) is 6.54 Å². The van der Waals surface area contributed by atoms with E-state index in [-0.39, 0.29) is 17.9 Å². The molecule has 0 saturated carbocycles. The largest absolute Gasteiger partial charge is 0.490 e. The molecule has 1 unspecified atom stereocenters. The van der Waals surface area contributed by atoms with Crippen molar-refractivity contribution in [2.45, 2.75) is 19.4 Å². The number of para-hydroxylation sites is 1. The number of nitrogens with zero attached hydrogens (tertiary/aromatic N) is 2. The molecule has 1 saturated heterocycles. The fourth-order valence-electron chi connectivity index (χ4n) is 3.99. The summed E-state index contributed by atoms with van der Waals surface area (Å²) in [6.45, 7) is 2.67. The number of aromatic nitrogens is 3. The highest BCUT2D eigenvalue weighted by molar-refractivity contribution is 6.35. The van der Waals surface area contributed by atoms with Crippen LogP contribution in [-0.4, -0.2) is 33.3 Å². The van der Waals surface area contributed by atoms with Crippen LogP contribution in [-0.2, 0) is 11.8 Å². The van der Waals surface area contributed by atoms with Crippen LogP contribution in [0.2, 0.25) is 5.02 Å². The minimum absolute atomic E-state index is 0.0840.